The van der Waals surface area contributed by atoms with Gasteiger partial charge in [-0.2, -0.15) is 0 Å². The van der Waals surface area contributed by atoms with Crippen LogP contribution in [0.15, 0.2) is 48.8 Å². The predicted octanol–water partition coefficient (Wildman–Crippen LogP) is 2.06. The molecule has 0 bridgehead atoms. The maximum absolute atomic E-state index is 12.7. The molecule has 0 saturated carbocycles. The summed E-state index contributed by atoms with van der Waals surface area (Å²) in [4.78, 5) is 32.3. The van der Waals surface area contributed by atoms with E-state index in [0.717, 1.165) is 23.2 Å². The van der Waals surface area contributed by atoms with E-state index in [1.54, 1.807) is 24.3 Å². The molecule has 0 aliphatic carbocycles. The molecule has 1 aromatic carbocycles. The standard InChI is InChI=1S/C19H21N3O2/c1-14-13-16-5-3-4-6-17(16)22(14)19(24)18(23)21(2)12-9-15-7-10-20-11-8-15/h3-8,10-11,14H,9,12-13H2,1-2H3. The van der Waals surface area contributed by atoms with Gasteiger partial charge in [0.2, 0.25) is 0 Å². The normalized spacial score (nSPS) is 15.9. The third-order valence-corrected chi connectivity index (χ3v) is 4.44. The number of carbonyl (C=O) groups excluding carboxylic acids is 2. The van der Waals surface area contributed by atoms with E-state index in [0.29, 0.717) is 13.0 Å². The average Bonchev–Trinajstić information content (AvgIpc) is 2.95. The molecule has 1 aromatic heterocycles. The van der Waals surface area contributed by atoms with Crippen LogP contribution in [0.5, 0.6) is 0 Å². The number of pyridine rings is 1. The fourth-order valence-electron chi connectivity index (χ4n) is 3.09. The molecular weight excluding hydrogens is 302 g/mol. The number of rotatable bonds is 3. The van der Waals surface area contributed by atoms with Crippen molar-refractivity contribution in [3.63, 3.8) is 0 Å². The van der Waals surface area contributed by atoms with Gasteiger partial charge in [0.1, 0.15) is 0 Å². The highest BCUT2D eigenvalue weighted by atomic mass is 16.2. The zero-order chi connectivity index (χ0) is 17.1. The number of amides is 2. The zero-order valence-corrected chi connectivity index (χ0v) is 14.0. The smallest absolute Gasteiger partial charge is 0.316 e. The minimum atomic E-state index is -0.465. The highest BCUT2D eigenvalue weighted by molar-refractivity contribution is 6.40. The van der Waals surface area contributed by atoms with Crippen LogP contribution in [-0.2, 0) is 22.4 Å². The largest absolute Gasteiger partial charge is 0.337 e. The van der Waals surface area contributed by atoms with E-state index in [-0.39, 0.29) is 6.04 Å². The molecule has 2 amide bonds. The van der Waals surface area contributed by atoms with Gasteiger partial charge < -0.3 is 9.80 Å². The van der Waals surface area contributed by atoms with Crippen LogP contribution in [0.3, 0.4) is 0 Å². The lowest BCUT2D eigenvalue weighted by Crippen LogP contribution is -2.46. The Balaban J connectivity index is 1.67. The van der Waals surface area contributed by atoms with Crippen molar-refractivity contribution < 1.29 is 9.59 Å². The Morgan fingerprint density at radius 2 is 1.92 bits per heavy atom. The van der Waals surface area contributed by atoms with E-state index in [1.165, 1.54) is 4.90 Å². The first-order valence-electron chi connectivity index (χ1n) is 8.13. The number of anilines is 1. The molecule has 0 N–H and O–H groups in total. The number of hydrogen-bond donors (Lipinski definition) is 0. The lowest BCUT2D eigenvalue weighted by atomic mass is 10.1. The van der Waals surface area contributed by atoms with E-state index >= 15 is 0 Å². The molecule has 1 atom stereocenters. The third kappa shape index (κ3) is 3.15. The lowest BCUT2D eigenvalue weighted by molar-refractivity contribution is -0.143. The number of likely N-dealkylation sites (N-methyl/N-ethyl adjacent to an activating group) is 1. The Labute approximate surface area is 141 Å². The van der Waals surface area contributed by atoms with Gasteiger partial charge in [-0.15, -0.1) is 0 Å². The van der Waals surface area contributed by atoms with Gasteiger partial charge in [-0.05, 0) is 49.1 Å². The molecule has 124 valence electrons. The van der Waals surface area contributed by atoms with Gasteiger partial charge in [-0.1, -0.05) is 18.2 Å². The first-order valence-corrected chi connectivity index (χ1v) is 8.13. The molecule has 2 aromatic rings. The molecule has 0 spiro atoms. The number of fused-ring (bicyclic) bond motifs is 1. The van der Waals surface area contributed by atoms with Gasteiger partial charge in [-0.3, -0.25) is 14.6 Å². The first kappa shape index (κ1) is 16.2. The molecule has 1 unspecified atom stereocenters. The van der Waals surface area contributed by atoms with Crippen molar-refractivity contribution in [2.24, 2.45) is 0 Å². The van der Waals surface area contributed by atoms with Gasteiger partial charge in [0, 0.05) is 37.7 Å². The van der Waals surface area contributed by atoms with Gasteiger partial charge in [0.05, 0.1) is 0 Å². The topological polar surface area (TPSA) is 53.5 Å². The molecule has 0 saturated heterocycles. The van der Waals surface area contributed by atoms with Crippen molar-refractivity contribution >= 4 is 17.5 Å². The lowest BCUT2D eigenvalue weighted by Gasteiger charge is -2.25. The number of hydrogen-bond acceptors (Lipinski definition) is 3. The SMILES string of the molecule is CC1Cc2ccccc2N1C(=O)C(=O)N(C)CCc1ccncc1. The van der Waals surface area contributed by atoms with Crippen molar-refractivity contribution in [2.75, 3.05) is 18.5 Å². The van der Waals surface area contributed by atoms with Crippen molar-refractivity contribution in [3.05, 3.63) is 59.9 Å². The van der Waals surface area contributed by atoms with Gasteiger partial charge >= 0.3 is 11.8 Å². The van der Waals surface area contributed by atoms with Gasteiger partial charge in [0.25, 0.3) is 0 Å². The number of para-hydroxylation sites is 1. The highest BCUT2D eigenvalue weighted by Crippen LogP contribution is 2.31. The zero-order valence-electron chi connectivity index (χ0n) is 14.0. The molecular formula is C19H21N3O2. The second-order valence-corrected chi connectivity index (χ2v) is 6.19. The molecule has 1 aliphatic rings. The highest BCUT2D eigenvalue weighted by Gasteiger charge is 2.35. The predicted molar refractivity (Wildman–Crippen MR) is 92.7 cm³/mol. The molecule has 0 radical (unpaired) electrons. The number of carbonyl (C=O) groups is 2. The van der Waals surface area contributed by atoms with Crippen LogP contribution < -0.4 is 4.90 Å². The fourth-order valence-corrected chi connectivity index (χ4v) is 3.09. The van der Waals surface area contributed by atoms with E-state index in [4.69, 9.17) is 0 Å². The van der Waals surface area contributed by atoms with Crippen LogP contribution in [0.1, 0.15) is 18.1 Å². The summed E-state index contributed by atoms with van der Waals surface area (Å²) in [5.41, 5.74) is 3.06. The summed E-state index contributed by atoms with van der Waals surface area (Å²) < 4.78 is 0. The van der Waals surface area contributed by atoms with Crippen molar-refractivity contribution in [3.8, 4) is 0 Å². The van der Waals surface area contributed by atoms with Crippen LogP contribution in [0.2, 0.25) is 0 Å². The molecule has 3 rings (SSSR count). The van der Waals surface area contributed by atoms with Gasteiger partial charge in [0.15, 0.2) is 0 Å². The van der Waals surface area contributed by atoms with Crippen molar-refractivity contribution in [2.45, 2.75) is 25.8 Å². The number of nitrogens with zero attached hydrogens (tertiary/aromatic N) is 3. The molecule has 5 nitrogen and oxygen atoms in total. The van der Waals surface area contributed by atoms with Crippen LogP contribution in [-0.4, -0.2) is 41.3 Å². The minimum absolute atomic E-state index is 0.00690. The van der Waals surface area contributed by atoms with E-state index < -0.39 is 11.8 Å². The second-order valence-electron chi connectivity index (χ2n) is 6.19. The van der Waals surface area contributed by atoms with E-state index in [1.807, 2.05) is 43.3 Å². The molecule has 5 heteroatoms. The molecule has 2 heterocycles. The monoisotopic (exact) mass is 323 g/mol. The molecule has 0 fully saturated rings. The Kier molecular flexibility index (Phi) is 4.60. The molecule has 1 aliphatic heterocycles. The Morgan fingerprint density at radius 1 is 1.21 bits per heavy atom. The third-order valence-electron chi connectivity index (χ3n) is 4.44. The maximum atomic E-state index is 12.7. The van der Waals surface area contributed by atoms with E-state index in [2.05, 4.69) is 4.98 Å². The fraction of sp³-hybridized carbons (Fsp3) is 0.316. The summed E-state index contributed by atoms with van der Waals surface area (Å²) in [6.45, 7) is 2.47. The second kappa shape index (κ2) is 6.83. The van der Waals surface area contributed by atoms with Crippen LogP contribution in [0.4, 0.5) is 5.69 Å². The van der Waals surface area contributed by atoms with Crippen molar-refractivity contribution in [1.82, 2.24) is 9.88 Å². The summed E-state index contributed by atoms with van der Waals surface area (Å²) >= 11 is 0. The summed E-state index contributed by atoms with van der Waals surface area (Å²) in [7, 11) is 1.67. The van der Waals surface area contributed by atoms with E-state index in [9.17, 15) is 9.59 Å². The molecule has 24 heavy (non-hydrogen) atoms. The van der Waals surface area contributed by atoms with Crippen LogP contribution in [0, 0.1) is 0 Å². The number of benzene rings is 1. The summed E-state index contributed by atoms with van der Waals surface area (Å²) in [6.07, 6.45) is 4.94. The summed E-state index contributed by atoms with van der Waals surface area (Å²) in [6, 6.07) is 11.6. The Morgan fingerprint density at radius 3 is 2.67 bits per heavy atom. The first-order chi connectivity index (χ1) is 11.6. The minimum Gasteiger partial charge on any atom is -0.337 e. The number of aromatic nitrogens is 1. The summed E-state index contributed by atoms with van der Waals surface area (Å²) in [5.74, 6) is -0.919. The quantitative estimate of drug-likeness (QED) is 0.813. The van der Waals surface area contributed by atoms with Crippen molar-refractivity contribution in [1.29, 1.82) is 0 Å². The summed E-state index contributed by atoms with van der Waals surface area (Å²) in [5, 5.41) is 0. The van der Waals surface area contributed by atoms with Gasteiger partial charge in [-0.25, -0.2) is 0 Å². The van der Waals surface area contributed by atoms with Crippen LogP contribution in [0.25, 0.3) is 0 Å². The average molecular weight is 323 g/mol. The van der Waals surface area contributed by atoms with Crippen LogP contribution >= 0.6 is 0 Å². The Bertz CT molecular complexity index is 745. The Hall–Kier alpha value is -2.69. The maximum Gasteiger partial charge on any atom is 0.316 e.